The maximum absolute atomic E-state index is 11.1. The van der Waals surface area contributed by atoms with Crippen LogP contribution in [0.4, 0.5) is 5.69 Å². The summed E-state index contributed by atoms with van der Waals surface area (Å²) in [4.78, 5) is 11.1. The number of carbonyl (C=O) groups is 1. The van der Waals surface area contributed by atoms with Crippen LogP contribution in [0.15, 0.2) is 18.2 Å². The summed E-state index contributed by atoms with van der Waals surface area (Å²) in [6.07, 6.45) is 0. The first-order chi connectivity index (χ1) is 7.17. The monoisotopic (exact) mass is 211 g/mol. The second-order valence-corrected chi connectivity index (χ2v) is 2.87. The molecule has 82 valence electrons. The molecule has 1 amide bonds. The number of methoxy groups -OCH3 is 2. The maximum atomic E-state index is 11.1. The molecule has 2 N–H and O–H groups in total. The van der Waals surface area contributed by atoms with Gasteiger partial charge in [-0.3, -0.25) is 4.79 Å². The highest BCUT2D eigenvalue weighted by molar-refractivity contribution is 5.92. The lowest BCUT2D eigenvalue weighted by atomic mass is 10.2. The van der Waals surface area contributed by atoms with Crippen molar-refractivity contribution in [3.63, 3.8) is 0 Å². The van der Waals surface area contributed by atoms with E-state index in [2.05, 4.69) is 10.1 Å². The van der Waals surface area contributed by atoms with Crippen LogP contribution in [0.25, 0.3) is 0 Å². The Hall–Kier alpha value is -1.75. The number of phenols is 1. The van der Waals surface area contributed by atoms with Crippen molar-refractivity contribution >= 4 is 11.6 Å². The summed E-state index contributed by atoms with van der Waals surface area (Å²) in [6, 6.07) is 4.61. The van der Waals surface area contributed by atoms with Crippen molar-refractivity contribution in [1.82, 2.24) is 0 Å². The van der Waals surface area contributed by atoms with Crippen LogP contribution in [0.2, 0.25) is 0 Å². The number of phenolic OH excluding ortho intramolecular Hbond substituents is 1. The van der Waals surface area contributed by atoms with Gasteiger partial charge in [-0.25, -0.2) is 0 Å². The third-order valence-corrected chi connectivity index (χ3v) is 1.74. The Labute approximate surface area is 87.6 Å². The van der Waals surface area contributed by atoms with E-state index in [9.17, 15) is 9.90 Å². The van der Waals surface area contributed by atoms with E-state index < -0.39 is 0 Å². The van der Waals surface area contributed by atoms with Gasteiger partial charge in [-0.2, -0.15) is 0 Å². The molecule has 0 saturated heterocycles. The molecule has 5 nitrogen and oxygen atoms in total. The Balaban J connectivity index is 2.71. The third-order valence-electron chi connectivity index (χ3n) is 1.74. The van der Waals surface area contributed by atoms with Crippen LogP contribution in [0, 0.1) is 0 Å². The highest BCUT2D eigenvalue weighted by atomic mass is 16.5. The molecule has 1 aromatic rings. The minimum atomic E-state index is -0.276. The molecule has 0 saturated carbocycles. The zero-order chi connectivity index (χ0) is 11.3. The first-order valence-corrected chi connectivity index (χ1v) is 4.33. The molecule has 0 unspecified atom stereocenters. The van der Waals surface area contributed by atoms with E-state index in [1.54, 1.807) is 12.1 Å². The maximum Gasteiger partial charge on any atom is 0.250 e. The lowest BCUT2D eigenvalue weighted by molar-refractivity contribution is -0.119. The van der Waals surface area contributed by atoms with Gasteiger partial charge >= 0.3 is 0 Å². The molecule has 0 aliphatic heterocycles. The van der Waals surface area contributed by atoms with E-state index in [0.29, 0.717) is 11.4 Å². The normalized spacial score (nSPS) is 9.73. The van der Waals surface area contributed by atoms with Crippen molar-refractivity contribution in [3.05, 3.63) is 18.2 Å². The van der Waals surface area contributed by atoms with E-state index >= 15 is 0 Å². The number of aromatic hydroxyl groups is 1. The Morgan fingerprint density at radius 1 is 1.47 bits per heavy atom. The summed E-state index contributed by atoms with van der Waals surface area (Å²) in [5.41, 5.74) is 0.496. The van der Waals surface area contributed by atoms with Crippen molar-refractivity contribution in [2.75, 3.05) is 26.1 Å². The summed E-state index contributed by atoms with van der Waals surface area (Å²) in [5.74, 6) is 0.0644. The lowest BCUT2D eigenvalue weighted by Crippen LogP contribution is -2.16. The largest absolute Gasteiger partial charge is 0.504 e. The van der Waals surface area contributed by atoms with Crippen LogP contribution < -0.4 is 10.1 Å². The van der Waals surface area contributed by atoms with E-state index in [0.717, 1.165) is 0 Å². The summed E-state index contributed by atoms with van der Waals surface area (Å²) in [7, 11) is 2.89. The van der Waals surface area contributed by atoms with Gasteiger partial charge in [0.25, 0.3) is 0 Å². The number of hydrogen-bond donors (Lipinski definition) is 2. The average Bonchev–Trinajstić information content (AvgIpc) is 2.18. The summed E-state index contributed by atoms with van der Waals surface area (Å²) in [5, 5.41) is 12.0. The van der Waals surface area contributed by atoms with Gasteiger partial charge in [0.15, 0.2) is 11.5 Å². The van der Waals surface area contributed by atoms with Crippen molar-refractivity contribution in [2.24, 2.45) is 0 Å². The second-order valence-electron chi connectivity index (χ2n) is 2.87. The lowest BCUT2D eigenvalue weighted by Gasteiger charge is -2.07. The predicted molar refractivity (Wildman–Crippen MR) is 55.2 cm³/mol. The van der Waals surface area contributed by atoms with Gasteiger partial charge in [0.1, 0.15) is 6.61 Å². The highest BCUT2D eigenvalue weighted by Gasteiger charge is 2.05. The predicted octanol–water partition coefficient (Wildman–Crippen LogP) is 0.986. The highest BCUT2D eigenvalue weighted by Crippen LogP contribution is 2.28. The van der Waals surface area contributed by atoms with E-state index in [1.165, 1.54) is 20.3 Å². The molecule has 0 heterocycles. The van der Waals surface area contributed by atoms with Gasteiger partial charge in [-0.05, 0) is 12.1 Å². The van der Waals surface area contributed by atoms with E-state index in [4.69, 9.17) is 4.74 Å². The van der Waals surface area contributed by atoms with Gasteiger partial charge in [0, 0.05) is 18.9 Å². The Morgan fingerprint density at radius 2 is 2.20 bits per heavy atom. The molecule has 0 atom stereocenters. The number of carbonyl (C=O) groups excluding carboxylic acids is 1. The number of benzene rings is 1. The van der Waals surface area contributed by atoms with Crippen LogP contribution in [-0.2, 0) is 9.53 Å². The molecule has 0 bridgehead atoms. The fraction of sp³-hybridized carbons (Fsp3) is 0.300. The standard InChI is InChI=1S/C10H13NO4/c1-14-6-10(13)11-7-3-4-9(15-2)8(12)5-7/h3-5,12H,6H2,1-2H3,(H,11,13). The van der Waals surface area contributed by atoms with E-state index in [1.807, 2.05) is 0 Å². The number of amides is 1. The fourth-order valence-electron chi connectivity index (χ4n) is 1.10. The topological polar surface area (TPSA) is 67.8 Å². The van der Waals surface area contributed by atoms with Gasteiger partial charge in [-0.15, -0.1) is 0 Å². The third kappa shape index (κ3) is 3.14. The minimum Gasteiger partial charge on any atom is -0.504 e. The molecule has 1 rings (SSSR count). The molecule has 0 aliphatic carbocycles. The SMILES string of the molecule is COCC(=O)Nc1ccc(OC)c(O)c1. The molecular formula is C10H13NO4. The second kappa shape index (κ2) is 5.21. The van der Waals surface area contributed by atoms with Crippen molar-refractivity contribution < 1.29 is 19.4 Å². The van der Waals surface area contributed by atoms with Gasteiger partial charge in [0.2, 0.25) is 5.91 Å². The van der Waals surface area contributed by atoms with Crippen LogP contribution in [0.5, 0.6) is 11.5 Å². The molecule has 5 heteroatoms. The first-order valence-electron chi connectivity index (χ1n) is 4.33. The molecular weight excluding hydrogens is 198 g/mol. The van der Waals surface area contributed by atoms with Crippen molar-refractivity contribution in [3.8, 4) is 11.5 Å². The Bertz CT molecular complexity index is 351. The quantitative estimate of drug-likeness (QED) is 0.779. The minimum absolute atomic E-state index is 0.0206. The van der Waals surface area contributed by atoms with Gasteiger partial charge < -0.3 is 19.9 Å². The summed E-state index contributed by atoms with van der Waals surface area (Å²) in [6.45, 7) is -0.0210. The molecule has 0 aliphatic rings. The van der Waals surface area contributed by atoms with Crippen LogP contribution >= 0.6 is 0 Å². The van der Waals surface area contributed by atoms with Crippen molar-refractivity contribution in [2.45, 2.75) is 0 Å². The number of ether oxygens (including phenoxy) is 2. The Kier molecular flexibility index (Phi) is 3.93. The van der Waals surface area contributed by atoms with Gasteiger partial charge in [0.05, 0.1) is 7.11 Å². The zero-order valence-electron chi connectivity index (χ0n) is 8.61. The summed E-state index contributed by atoms with van der Waals surface area (Å²) >= 11 is 0. The van der Waals surface area contributed by atoms with Crippen molar-refractivity contribution in [1.29, 1.82) is 0 Å². The van der Waals surface area contributed by atoms with Gasteiger partial charge in [-0.1, -0.05) is 0 Å². The molecule has 0 fully saturated rings. The van der Waals surface area contributed by atoms with Crippen LogP contribution in [-0.4, -0.2) is 31.8 Å². The molecule has 0 spiro atoms. The summed E-state index contributed by atoms with van der Waals surface area (Å²) < 4.78 is 9.52. The number of anilines is 1. The fourth-order valence-corrected chi connectivity index (χ4v) is 1.10. The number of rotatable bonds is 4. The number of hydrogen-bond acceptors (Lipinski definition) is 4. The molecule has 0 radical (unpaired) electrons. The van der Waals surface area contributed by atoms with Crippen LogP contribution in [0.1, 0.15) is 0 Å². The number of nitrogens with one attached hydrogen (secondary N) is 1. The molecule has 15 heavy (non-hydrogen) atoms. The average molecular weight is 211 g/mol. The Morgan fingerprint density at radius 3 is 2.73 bits per heavy atom. The van der Waals surface area contributed by atoms with E-state index in [-0.39, 0.29) is 18.3 Å². The smallest absolute Gasteiger partial charge is 0.250 e. The van der Waals surface area contributed by atoms with Crippen LogP contribution in [0.3, 0.4) is 0 Å². The molecule has 1 aromatic carbocycles. The first kappa shape index (κ1) is 11.3. The zero-order valence-corrected chi connectivity index (χ0v) is 8.61. The molecule has 0 aromatic heterocycles.